The number of unbranched alkanes of at least 4 members (excludes halogenated alkanes) is 1. The molecule has 0 aliphatic rings. The molecule has 0 bridgehead atoms. The van der Waals surface area contributed by atoms with Gasteiger partial charge in [-0.15, -0.1) is 12.4 Å². The fraction of sp³-hybridized carbons (Fsp3) is 0.400. The Hall–Kier alpha value is -1.22. The topological polar surface area (TPSA) is 12.5 Å². The molecule has 2 nitrogen and oxygen atoms in total. The van der Waals surface area contributed by atoms with Crippen LogP contribution in [0.5, 0.6) is 5.75 Å². The Morgan fingerprint density at radius 1 is 0.875 bits per heavy atom. The van der Waals surface area contributed by atoms with Gasteiger partial charge in [0.15, 0.2) is 0 Å². The van der Waals surface area contributed by atoms with E-state index in [-0.39, 0.29) is 12.4 Å². The van der Waals surface area contributed by atoms with Crippen molar-refractivity contribution >= 4 is 24.0 Å². The maximum absolute atomic E-state index is 6.24. The predicted octanol–water partition coefficient (Wildman–Crippen LogP) is 5.27. The molecule has 0 amide bonds. The molecule has 0 fully saturated rings. The Morgan fingerprint density at radius 3 is 2.21 bits per heavy atom. The zero-order chi connectivity index (χ0) is 16.5. The van der Waals surface area contributed by atoms with Crippen LogP contribution in [0.2, 0.25) is 5.02 Å². The predicted molar refractivity (Wildman–Crippen MR) is 106 cm³/mol. The third-order valence-corrected chi connectivity index (χ3v) is 4.22. The number of hydrogen-bond donors (Lipinski definition) is 0. The summed E-state index contributed by atoms with van der Waals surface area (Å²) in [6, 6.07) is 16.4. The number of nitrogens with zero attached hydrogens (tertiary/aromatic N) is 1. The van der Waals surface area contributed by atoms with Gasteiger partial charge in [-0.3, -0.25) is 0 Å². The van der Waals surface area contributed by atoms with Crippen molar-refractivity contribution < 1.29 is 4.74 Å². The summed E-state index contributed by atoms with van der Waals surface area (Å²) in [6.07, 6.45) is 4.12. The molecule has 0 aromatic heterocycles. The number of aryl methyl sites for hydroxylation is 2. The van der Waals surface area contributed by atoms with Crippen molar-refractivity contribution in [3.05, 3.63) is 64.7 Å². The van der Waals surface area contributed by atoms with E-state index < -0.39 is 0 Å². The highest BCUT2D eigenvalue weighted by molar-refractivity contribution is 6.31. The van der Waals surface area contributed by atoms with Crippen LogP contribution in [0.1, 0.15) is 24.0 Å². The molecule has 0 aliphatic heterocycles. The molecule has 0 unspecified atom stereocenters. The second-order valence-electron chi connectivity index (χ2n) is 6.06. The molecule has 0 saturated heterocycles. The van der Waals surface area contributed by atoms with Crippen LogP contribution in [0.4, 0.5) is 0 Å². The van der Waals surface area contributed by atoms with Crippen LogP contribution in [-0.2, 0) is 12.8 Å². The molecule has 0 spiro atoms. The van der Waals surface area contributed by atoms with Gasteiger partial charge in [-0.05, 0) is 69.6 Å². The molecule has 132 valence electrons. The van der Waals surface area contributed by atoms with Gasteiger partial charge in [-0.1, -0.05) is 48.0 Å². The Labute approximate surface area is 157 Å². The molecular weight excluding hydrogens is 341 g/mol. The highest BCUT2D eigenvalue weighted by Crippen LogP contribution is 2.22. The van der Waals surface area contributed by atoms with Gasteiger partial charge in [-0.2, -0.15) is 0 Å². The van der Waals surface area contributed by atoms with E-state index in [9.17, 15) is 0 Å². The molecule has 0 atom stereocenters. The molecule has 2 aromatic carbocycles. The van der Waals surface area contributed by atoms with Crippen molar-refractivity contribution in [1.82, 2.24) is 4.90 Å². The van der Waals surface area contributed by atoms with Gasteiger partial charge >= 0.3 is 0 Å². The van der Waals surface area contributed by atoms with Crippen molar-refractivity contribution in [3.63, 3.8) is 0 Å². The van der Waals surface area contributed by atoms with Crippen molar-refractivity contribution in [2.75, 3.05) is 27.2 Å². The Kier molecular flexibility index (Phi) is 9.85. The van der Waals surface area contributed by atoms with E-state index in [1.807, 2.05) is 24.3 Å². The Morgan fingerprint density at radius 2 is 1.50 bits per heavy atom. The van der Waals surface area contributed by atoms with Gasteiger partial charge in [0.25, 0.3) is 0 Å². The number of benzene rings is 2. The van der Waals surface area contributed by atoms with Gasteiger partial charge in [0.2, 0.25) is 0 Å². The monoisotopic (exact) mass is 367 g/mol. The second-order valence-corrected chi connectivity index (χ2v) is 6.47. The van der Waals surface area contributed by atoms with Crippen molar-refractivity contribution in [3.8, 4) is 5.75 Å². The standard InChI is InChI=1S/C20H26ClNO.ClH/c1-22(2)15-7-8-16-23-20-12-6-4-10-18(20)14-13-17-9-3-5-11-19(17)21;/h3-6,9-12H,7-8,13-16H2,1-2H3;1H. The van der Waals surface area contributed by atoms with E-state index in [0.29, 0.717) is 0 Å². The van der Waals surface area contributed by atoms with Crippen LogP contribution >= 0.6 is 24.0 Å². The van der Waals surface area contributed by atoms with Crippen LogP contribution < -0.4 is 4.74 Å². The molecule has 2 rings (SSSR count). The number of rotatable bonds is 9. The van der Waals surface area contributed by atoms with E-state index in [4.69, 9.17) is 16.3 Å². The first kappa shape index (κ1) is 20.8. The van der Waals surface area contributed by atoms with E-state index in [1.165, 1.54) is 11.1 Å². The lowest BCUT2D eigenvalue weighted by atomic mass is 10.0. The third kappa shape index (κ3) is 7.12. The maximum atomic E-state index is 6.24. The molecule has 0 N–H and O–H groups in total. The minimum atomic E-state index is 0. The van der Waals surface area contributed by atoms with Crippen LogP contribution in [0.25, 0.3) is 0 Å². The van der Waals surface area contributed by atoms with Crippen molar-refractivity contribution in [2.45, 2.75) is 25.7 Å². The number of para-hydroxylation sites is 1. The van der Waals surface area contributed by atoms with Crippen molar-refractivity contribution in [1.29, 1.82) is 0 Å². The summed E-state index contributed by atoms with van der Waals surface area (Å²) in [5.74, 6) is 1.00. The van der Waals surface area contributed by atoms with E-state index in [1.54, 1.807) is 0 Å². The first-order valence-corrected chi connectivity index (χ1v) is 8.63. The zero-order valence-electron chi connectivity index (χ0n) is 14.5. The lowest BCUT2D eigenvalue weighted by Gasteiger charge is -2.13. The lowest BCUT2D eigenvalue weighted by Crippen LogP contribution is -2.13. The Balaban J connectivity index is 0.00000288. The molecule has 0 aliphatic carbocycles. The third-order valence-electron chi connectivity index (χ3n) is 3.85. The number of hydrogen-bond acceptors (Lipinski definition) is 2. The molecule has 24 heavy (non-hydrogen) atoms. The van der Waals surface area contributed by atoms with Crippen LogP contribution in [0.3, 0.4) is 0 Å². The summed E-state index contributed by atoms with van der Waals surface area (Å²) < 4.78 is 5.99. The maximum Gasteiger partial charge on any atom is 0.122 e. The molecular formula is C20H27Cl2NO. The summed E-state index contributed by atoms with van der Waals surface area (Å²) in [6.45, 7) is 1.88. The summed E-state index contributed by atoms with van der Waals surface area (Å²) in [5, 5.41) is 0.842. The average molecular weight is 368 g/mol. The van der Waals surface area contributed by atoms with Crippen LogP contribution in [0, 0.1) is 0 Å². The van der Waals surface area contributed by atoms with Gasteiger partial charge in [0.05, 0.1) is 6.61 Å². The van der Waals surface area contributed by atoms with Crippen molar-refractivity contribution in [2.24, 2.45) is 0 Å². The van der Waals surface area contributed by atoms with E-state index in [0.717, 1.165) is 49.6 Å². The smallest absolute Gasteiger partial charge is 0.122 e. The minimum Gasteiger partial charge on any atom is -0.493 e. The summed E-state index contributed by atoms with van der Waals surface area (Å²) >= 11 is 6.24. The summed E-state index contributed by atoms with van der Waals surface area (Å²) in [4.78, 5) is 2.21. The van der Waals surface area contributed by atoms with Gasteiger partial charge in [0.1, 0.15) is 5.75 Å². The molecule has 0 saturated carbocycles. The fourth-order valence-electron chi connectivity index (χ4n) is 2.53. The quantitative estimate of drug-likeness (QED) is 0.559. The first-order valence-electron chi connectivity index (χ1n) is 8.25. The largest absolute Gasteiger partial charge is 0.493 e. The first-order chi connectivity index (χ1) is 11.2. The average Bonchev–Trinajstić information content (AvgIpc) is 2.54. The highest BCUT2D eigenvalue weighted by Gasteiger charge is 2.05. The molecule has 2 aromatic rings. The molecule has 4 heteroatoms. The van der Waals surface area contributed by atoms with E-state index in [2.05, 4.69) is 43.3 Å². The lowest BCUT2D eigenvalue weighted by molar-refractivity contribution is 0.290. The zero-order valence-corrected chi connectivity index (χ0v) is 16.1. The van der Waals surface area contributed by atoms with Crippen LogP contribution in [0.15, 0.2) is 48.5 Å². The Bertz CT molecular complexity index is 602. The van der Waals surface area contributed by atoms with E-state index >= 15 is 0 Å². The summed E-state index contributed by atoms with van der Waals surface area (Å²) in [7, 11) is 4.20. The minimum absolute atomic E-state index is 0. The number of halogens is 2. The summed E-state index contributed by atoms with van der Waals surface area (Å²) in [5.41, 5.74) is 2.44. The normalized spacial score (nSPS) is 10.5. The van der Waals surface area contributed by atoms with Gasteiger partial charge in [0, 0.05) is 5.02 Å². The SMILES string of the molecule is CN(C)CCCCOc1ccccc1CCc1ccccc1Cl.Cl. The molecule has 0 radical (unpaired) electrons. The van der Waals surface area contributed by atoms with Gasteiger partial charge in [-0.25, -0.2) is 0 Å². The highest BCUT2D eigenvalue weighted by atomic mass is 35.5. The molecule has 0 heterocycles. The van der Waals surface area contributed by atoms with Gasteiger partial charge < -0.3 is 9.64 Å². The number of ether oxygens (including phenoxy) is 1. The second kappa shape index (κ2) is 11.4. The van der Waals surface area contributed by atoms with Crippen LogP contribution in [-0.4, -0.2) is 32.1 Å². The fourth-order valence-corrected chi connectivity index (χ4v) is 2.76.